The molecule has 1 amide bonds. The zero-order valence-electron chi connectivity index (χ0n) is 11.6. The minimum Gasteiger partial charge on any atom is -0.379 e. The average molecular weight is 305 g/mol. The molecule has 5 heteroatoms. The largest absolute Gasteiger partial charge is 0.379 e. The van der Waals surface area contributed by atoms with Crippen molar-refractivity contribution in [1.29, 1.82) is 0 Å². The maximum absolute atomic E-state index is 12.0. The van der Waals surface area contributed by atoms with Crippen LogP contribution in [0.2, 0.25) is 5.02 Å². The first-order valence-corrected chi connectivity index (χ1v) is 7.12. The van der Waals surface area contributed by atoms with Gasteiger partial charge in [0, 0.05) is 11.9 Å². The molecule has 2 rings (SSSR count). The topological polar surface area (TPSA) is 51.2 Å². The quantitative estimate of drug-likeness (QED) is 0.631. The zero-order valence-corrected chi connectivity index (χ0v) is 12.4. The summed E-state index contributed by atoms with van der Waals surface area (Å²) in [6.07, 6.45) is 2.59. The van der Waals surface area contributed by atoms with E-state index < -0.39 is 0 Å². The Kier molecular flexibility index (Phi) is 5.72. The number of aromatic nitrogens is 1. The lowest BCUT2D eigenvalue weighted by atomic mass is 10.2. The Labute approximate surface area is 128 Å². The molecule has 0 unspecified atom stereocenters. The molecule has 4 nitrogen and oxygen atoms in total. The number of hydrogen-bond donors (Lipinski definition) is 1. The van der Waals surface area contributed by atoms with E-state index >= 15 is 0 Å². The van der Waals surface area contributed by atoms with E-state index in [2.05, 4.69) is 16.9 Å². The van der Waals surface area contributed by atoms with E-state index in [0.717, 1.165) is 11.8 Å². The Morgan fingerprint density at radius 3 is 3.00 bits per heavy atom. The van der Waals surface area contributed by atoms with E-state index in [4.69, 9.17) is 16.3 Å². The third-order valence-electron chi connectivity index (χ3n) is 2.90. The van der Waals surface area contributed by atoms with Crippen LogP contribution in [0.5, 0.6) is 0 Å². The number of fused-ring (bicyclic) bond motifs is 1. The Morgan fingerprint density at radius 1 is 1.38 bits per heavy atom. The van der Waals surface area contributed by atoms with Crippen LogP contribution >= 0.6 is 11.6 Å². The van der Waals surface area contributed by atoms with Gasteiger partial charge in [0.1, 0.15) is 5.69 Å². The van der Waals surface area contributed by atoms with Crippen molar-refractivity contribution in [2.24, 2.45) is 0 Å². The van der Waals surface area contributed by atoms with Crippen LogP contribution in [0.15, 0.2) is 43.0 Å². The van der Waals surface area contributed by atoms with Crippen LogP contribution < -0.4 is 5.32 Å². The number of carbonyl (C=O) groups is 1. The molecule has 21 heavy (non-hydrogen) atoms. The fraction of sp³-hybridized carbons (Fsp3) is 0.250. The second kappa shape index (κ2) is 7.76. The van der Waals surface area contributed by atoms with Gasteiger partial charge in [-0.05, 0) is 18.6 Å². The first kappa shape index (κ1) is 15.5. The summed E-state index contributed by atoms with van der Waals surface area (Å²) in [6, 6.07) is 9.03. The molecule has 110 valence electrons. The molecule has 1 aromatic heterocycles. The SMILES string of the molecule is C=CCCOCCNC(=O)c1cc(Cl)c2ccccc2n1. The number of nitrogens with one attached hydrogen (secondary N) is 1. The van der Waals surface area contributed by atoms with Gasteiger partial charge in [0.25, 0.3) is 5.91 Å². The predicted octanol–water partition coefficient (Wildman–Crippen LogP) is 3.21. The predicted molar refractivity (Wildman–Crippen MR) is 84.7 cm³/mol. The highest BCUT2D eigenvalue weighted by molar-refractivity contribution is 6.35. The standard InChI is InChI=1S/C16H17ClN2O2/c1-2-3-9-21-10-8-18-16(20)15-11-13(17)12-6-4-5-7-14(12)19-15/h2,4-7,11H,1,3,8-10H2,(H,18,20). The van der Waals surface area contributed by atoms with Crippen molar-refractivity contribution < 1.29 is 9.53 Å². The molecular weight excluding hydrogens is 288 g/mol. The molecule has 1 N–H and O–H groups in total. The summed E-state index contributed by atoms with van der Waals surface area (Å²) in [6.45, 7) is 5.11. The fourth-order valence-corrected chi connectivity index (χ4v) is 2.11. The minimum absolute atomic E-state index is 0.255. The number of carbonyl (C=O) groups excluding carboxylic acids is 1. The van der Waals surface area contributed by atoms with Crippen LogP contribution in [0.4, 0.5) is 0 Å². The van der Waals surface area contributed by atoms with E-state index in [1.165, 1.54) is 0 Å². The number of amides is 1. The van der Waals surface area contributed by atoms with Gasteiger partial charge in [0.2, 0.25) is 0 Å². The molecule has 0 saturated heterocycles. The Balaban J connectivity index is 1.95. The smallest absolute Gasteiger partial charge is 0.270 e. The molecule has 0 aliphatic rings. The van der Waals surface area contributed by atoms with E-state index in [1.54, 1.807) is 12.1 Å². The summed E-state index contributed by atoms with van der Waals surface area (Å²) in [5.41, 5.74) is 1.02. The molecule has 0 aliphatic carbocycles. The highest BCUT2D eigenvalue weighted by atomic mass is 35.5. The summed E-state index contributed by atoms with van der Waals surface area (Å²) in [5, 5.41) is 4.11. The highest BCUT2D eigenvalue weighted by Gasteiger charge is 2.10. The van der Waals surface area contributed by atoms with Crippen LogP contribution in [-0.2, 0) is 4.74 Å². The normalized spacial score (nSPS) is 10.5. The van der Waals surface area contributed by atoms with Gasteiger partial charge in [-0.1, -0.05) is 35.9 Å². The van der Waals surface area contributed by atoms with Gasteiger partial charge in [-0.3, -0.25) is 4.79 Å². The van der Waals surface area contributed by atoms with Crippen molar-refractivity contribution in [3.05, 3.63) is 53.7 Å². The lowest BCUT2D eigenvalue weighted by molar-refractivity contribution is 0.0913. The number of ether oxygens (including phenoxy) is 1. The van der Waals surface area contributed by atoms with Crippen LogP contribution in [0.25, 0.3) is 10.9 Å². The van der Waals surface area contributed by atoms with Gasteiger partial charge < -0.3 is 10.1 Å². The molecule has 0 spiro atoms. The summed E-state index contributed by atoms with van der Waals surface area (Å²) in [5.74, 6) is -0.255. The molecule has 0 aliphatic heterocycles. The van der Waals surface area contributed by atoms with Crippen LogP contribution in [0, 0.1) is 0 Å². The van der Waals surface area contributed by atoms with Gasteiger partial charge in [-0.2, -0.15) is 0 Å². The minimum atomic E-state index is -0.255. The van der Waals surface area contributed by atoms with Crippen LogP contribution in [0.1, 0.15) is 16.9 Å². The van der Waals surface area contributed by atoms with E-state index in [0.29, 0.717) is 36.0 Å². The number of benzene rings is 1. The third-order valence-corrected chi connectivity index (χ3v) is 3.21. The number of para-hydroxylation sites is 1. The van der Waals surface area contributed by atoms with Crippen molar-refractivity contribution in [2.45, 2.75) is 6.42 Å². The van der Waals surface area contributed by atoms with Crippen molar-refractivity contribution in [3.8, 4) is 0 Å². The highest BCUT2D eigenvalue weighted by Crippen LogP contribution is 2.22. The number of hydrogen-bond acceptors (Lipinski definition) is 3. The molecule has 0 bridgehead atoms. The van der Waals surface area contributed by atoms with Gasteiger partial charge in [0.05, 0.1) is 23.8 Å². The molecule has 1 aromatic carbocycles. The monoisotopic (exact) mass is 304 g/mol. The molecule has 1 heterocycles. The molecule has 2 aromatic rings. The Morgan fingerprint density at radius 2 is 2.19 bits per heavy atom. The number of pyridine rings is 1. The maximum Gasteiger partial charge on any atom is 0.270 e. The van der Waals surface area contributed by atoms with Gasteiger partial charge in [0.15, 0.2) is 0 Å². The van der Waals surface area contributed by atoms with E-state index in [-0.39, 0.29) is 5.91 Å². The zero-order chi connectivity index (χ0) is 15.1. The van der Waals surface area contributed by atoms with Crippen LogP contribution in [-0.4, -0.2) is 30.6 Å². The summed E-state index contributed by atoms with van der Waals surface area (Å²) < 4.78 is 5.32. The van der Waals surface area contributed by atoms with Gasteiger partial charge >= 0.3 is 0 Å². The molecule has 0 fully saturated rings. The average Bonchev–Trinajstić information content (AvgIpc) is 2.50. The summed E-state index contributed by atoms with van der Waals surface area (Å²) >= 11 is 6.17. The van der Waals surface area contributed by atoms with E-state index in [1.807, 2.05) is 24.3 Å². The first-order valence-electron chi connectivity index (χ1n) is 6.74. The maximum atomic E-state index is 12.0. The van der Waals surface area contributed by atoms with Gasteiger partial charge in [-0.25, -0.2) is 4.98 Å². The van der Waals surface area contributed by atoms with Crippen molar-refractivity contribution >= 4 is 28.4 Å². The van der Waals surface area contributed by atoms with Crippen molar-refractivity contribution in [2.75, 3.05) is 19.8 Å². The Hall–Kier alpha value is -1.91. The molecular formula is C16H17ClN2O2. The Bertz CT molecular complexity index is 643. The van der Waals surface area contributed by atoms with E-state index in [9.17, 15) is 4.79 Å². The number of halogens is 1. The summed E-state index contributed by atoms with van der Waals surface area (Å²) in [4.78, 5) is 16.3. The lowest BCUT2D eigenvalue weighted by Crippen LogP contribution is -2.28. The van der Waals surface area contributed by atoms with Crippen LogP contribution in [0.3, 0.4) is 0 Å². The molecule has 0 radical (unpaired) electrons. The first-order chi connectivity index (χ1) is 10.2. The number of rotatable bonds is 7. The lowest BCUT2D eigenvalue weighted by Gasteiger charge is -2.07. The second-order valence-electron chi connectivity index (χ2n) is 4.45. The number of nitrogens with zero attached hydrogens (tertiary/aromatic N) is 1. The summed E-state index contributed by atoms with van der Waals surface area (Å²) in [7, 11) is 0. The molecule has 0 atom stereocenters. The van der Waals surface area contributed by atoms with Gasteiger partial charge in [-0.15, -0.1) is 6.58 Å². The fourth-order valence-electron chi connectivity index (χ4n) is 1.85. The van der Waals surface area contributed by atoms with Crippen molar-refractivity contribution in [1.82, 2.24) is 10.3 Å². The second-order valence-corrected chi connectivity index (χ2v) is 4.86. The third kappa shape index (κ3) is 4.28. The van der Waals surface area contributed by atoms with Crippen molar-refractivity contribution in [3.63, 3.8) is 0 Å². The molecule has 0 saturated carbocycles.